The van der Waals surface area contributed by atoms with Crippen molar-refractivity contribution in [2.45, 2.75) is 24.4 Å². The van der Waals surface area contributed by atoms with Crippen molar-refractivity contribution in [1.29, 1.82) is 0 Å². The van der Waals surface area contributed by atoms with Crippen molar-refractivity contribution >= 4 is 22.5 Å². The molecule has 2 aromatic heterocycles. The molecule has 0 aliphatic carbocycles. The average Bonchev–Trinajstić information content (AvgIpc) is 2.81. The Balaban J connectivity index is 1.68. The summed E-state index contributed by atoms with van der Waals surface area (Å²) in [6.45, 7) is 1.41. The number of fused-ring (bicyclic) bond motifs is 1. The third-order valence-corrected chi connectivity index (χ3v) is 6.64. The number of pyridine rings is 2. The van der Waals surface area contributed by atoms with E-state index >= 15 is 0 Å². The van der Waals surface area contributed by atoms with Crippen LogP contribution in [0.25, 0.3) is 22.0 Å². The molecule has 1 unspecified atom stereocenters. The zero-order valence-electron chi connectivity index (χ0n) is 17.5. The van der Waals surface area contributed by atoms with Crippen molar-refractivity contribution in [3.63, 3.8) is 0 Å². The molecule has 4 aromatic rings. The molecule has 0 spiro atoms. The molecule has 1 atom stereocenters. The first-order valence-corrected chi connectivity index (χ1v) is 11.2. The van der Waals surface area contributed by atoms with Crippen molar-refractivity contribution in [1.82, 2.24) is 15.3 Å². The van der Waals surface area contributed by atoms with Gasteiger partial charge in [0.2, 0.25) is 0 Å². The highest BCUT2D eigenvalue weighted by atomic mass is 35.5. The summed E-state index contributed by atoms with van der Waals surface area (Å²) >= 11 is 6.12. The molecule has 0 radical (unpaired) electrons. The van der Waals surface area contributed by atoms with Crippen molar-refractivity contribution < 1.29 is 5.11 Å². The van der Waals surface area contributed by atoms with Crippen molar-refractivity contribution in [2.75, 3.05) is 13.1 Å². The van der Waals surface area contributed by atoms with Crippen LogP contribution in [0.5, 0.6) is 0 Å². The van der Waals surface area contributed by atoms with E-state index in [-0.39, 0.29) is 5.56 Å². The van der Waals surface area contributed by atoms with E-state index in [0.717, 1.165) is 27.6 Å². The number of benzene rings is 2. The normalized spacial score (nSPS) is 16.7. The van der Waals surface area contributed by atoms with Crippen LogP contribution in [0.15, 0.2) is 77.9 Å². The van der Waals surface area contributed by atoms with Gasteiger partial charge in [-0.1, -0.05) is 35.9 Å². The Morgan fingerprint density at radius 3 is 2.50 bits per heavy atom. The summed E-state index contributed by atoms with van der Waals surface area (Å²) in [7, 11) is 0. The summed E-state index contributed by atoms with van der Waals surface area (Å²) in [6.07, 6.45) is 4.69. The second-order valence-corrected chi connectivity index (χ2v) is 8.87. The maximum Gasteiger partial charge on any atom is 0.252 e. The molecule has 162 valence electrons. The number of aromatic amines is 1. The van der Waals surface area contributed by atoms with Crippen molar-refractivity contribution in [3.8, 4) is 11.1 Å². The summed E-state index contributed by atoms with van der Waals surface area (Å²) in [6, 6.07) is 19.2. The topological polar surface area (TPSA) is 78.0 Å². The lowest BCUT2D eigenvalue weighted by atomic mass is 9.73. The maximum atomic E-state index is 13.2. The van der Waals surface area contributed by atoms with Gasteiger partial charge in [-0.3, -0.25) is 9.78 Å². The van der Waals surface area contributed by atoms with Crippen molar-refractivity contribution in [2.24, 2.45) is 0 Å². The number of hydrogen-bond donors (Lipinski definition) is 3. The van der Waals surface area contributed by atoms with Gasteiger partial charge in [0.15, 0.2) is 0 Å². The van der Waals surface area contributed by atoms with Crippen LogP contribution in [-0.4, -0.2) is 33.8 Å². The number of hydrogen-bond acceptors (Lipinski definition) is 4. The fraction of sp³-hybridized carbons (Fsp3) is 0.231. The van der Waals surface area contributed by atoms with Crippen LogP contribution in [-0.2, 0) is 0 Å². The number of nitrogens with zero attached hydrogens (tertiary/aromatic N) is 1. The predicted octanol–water partition coefficient (Wildman–Crippen LogP) is 4.49. The molecule has 2 aromatic carbocycles. The van der Waals surface area contributed by atoms with Crippen molar-refractivity contribution in [3.05, 3.63) is 99.6 Å². The number of piperidine rings is 1. The molecule has 6 heteroatoms. The van der Waals surface area contributed by atoms with Gasteiger partial charge in [0.25, 0.3) is 5.56 Å². The molecular formula is C26H24ClN3O2. The van der Waals surface area contributed by atoms with E-state index in [2.05, 4.69) is 21.4 Å². The lowest BCUT2D eigenvalue weighted by molar-refractivity contribution is -0.00517. The summed E-state index contributed by atoms with van der Waals surface area (Å²) in [4.78, 5) is 20.5. The van der Waals surface area contributed by atoms with Crippen LogP contribution in [0, 0.1) is 0 Å². The van der Waals surface area contributed by atoms with Gasteiger partial charge in [0, 0.05) is 40.0 Å². The van der Waals surface area contributed by atoms with Gasteiger partial charge >= 0.3 is 0 Å². The predicted molar refractivity (Wildman–Crippen MR) is 128 cm³/mol. The molecule has 3 N–H and O–H groups in total. The van der Waals surface area contributed by atoms with E-state index in [0.29, 0.717) is 36.5 Å². The van der Waals surface area contributed by atoms with Gasteiger partial charge < -0.3 is 15.4 Å². The zero-order chi connectivity index (χ0) is 22.1. The van der Waals surface area contributed by atoms with Crippen LogP contribution in [0.2, 0.25) is 5.02 Å². The van der Waals surface area contributed by atoms with Gasteiger partial charge in [-0.25, -0.2) is 0 Å². The van der Waals surface area contributed by atoms with Crippen LogP contribution in [0.3, 0.4) is 0 Å². The quantitative estimate of drug-likeness (QED) is 0.432. The highest BCUT2D eigenvalue weighted by Crippen LogP contribution is 2.40. The Kier molecular flexibility index (Phi) is 5.55. The first kappa shape index (κ1) is 20.9. The third kappa shape index (κ3) is 3.95. The average molecular weight is 446 g/mol. The molecule has 32 heavy (non-hydrogen) atoms. The molecule has 0 bridgehead atoms. The van der Waals surface area contributed by atoms with Crippen LogP contribution in [0.1, 0.15) is 29.9 Å². The Morgan fingerprint density at radius 2 is 1.78 bits per heavy atom. The Labute approximate surface area is 191 Å². The van der Waals surface area contributed by atoms with Crippen LogP contribution >= 0.6 is 11.6 Å². The fourth-order valence-electron chi connectivity index (χ4n) is 4.73. The largest absolute Gasteiger partial charge is 0.389 e. The van der Waals surface area contributed by atoms with Gasteiger partial charge in [-0.15, -0.1) is 0 Å². The molecule has 5 nitrogen and oxygen atoms in total. The number of aromatic nitrogens is 2. The van der Waals surface area contributed by atoms with E-state index in [1.54, 1.807) is 6.20 Å². The van der Waals surface area contributed by atoms with E-state index < -0.39 is 11.5 Å². The highest BCUT2D eigenvalue weighted by Gasteiger charge is 2.41. The molecule has 0 amide bonds. The van der Waals surface area contributed by atoms with E-state index in [1.165, 1.54) is 0 Å². The Morgan fingerprint density at radius 1 is 1.00 bits per heavy atom. The summed E-state index contributed by atoms with van der Waals surface area (Å²) < 4.78 is 0. The minimum absolute atomic E-state index is 0.182. The molecule has 1 saturated heterocycles. The lowest BCUT2D eigenvalue weighted by Gasteiger charge is -2.39. The minimum atomic E-state index is -1.03. The first-order valence-electron chi connectivity index (χ1n) is 10.8. The summed E-state index contributed by atoms with van der Waals surface area (Å²) in [5.41, 5.74) is 3.03. The van der Waals surface area contributed by atoms with Gasteiger partial charge in [0.1, 0.15) is 0 Å². The first-order chi connectivity index (χ1) is 15.5. The zero-order valence-corrected chi connectivity index (χ0v) is 18.3. The van der Waals surface area contributed by atoms with Gasteiger partial charge in [-0.05, 0) is 78.8 Å². The standard InChI is InChI=1S/C26H24ClN3O2/c27-21-6-3-17(4-7-21)24(26(32)9-12-28-13-10-26)22-15-20-14-18(19-2-1-11-29-16-19)5-8-23(20)30-25(22)31/h1-8,11,14-16,24,28,32H,9-10,12-13H2,(H,30,31). The molecule has 3 heterocycles. The molecule has 1 aliphatic rings. The Hall–Kier alpha value is -2.99. The number of halogens is 1. The number of nitrogens with one attached hydrogen (secondary N) is 2. The van der Waals surface area contributed by atoms with E-state index in [4.69, 9.17) is 11.6 Å². The summed E-state index contributed by atoms with van der Waals surface area (Å²) in [5.74, 6) is -0.461. The number of H-pyrrole nitrogens is 1. The fourth-order valence-corrected chi connectivity index (χ4v) is 4.86. The molecule has 1 fully saturated rings. The van der Waals surface area contributed by atoms with Gasteiger partial charge in [-0.2, -0.15) is 0 Å². The monoisotopic (exact) mass is 445 g/mol. The third-order valence-electron chi connectivity index (χ3n) is 6.39. The lowest BCUT2D eigenvalue weighted by Crippen LogP contribution is -2.47. The number of aliphatic hydroxyl groups is 1. The second kappa shape index (κ2) is 8.51. The van der Waals surface area contributed by atoms with Crippen LogP contribution < -0.4 is 10.9 Å². The SMILES string of the molecule is O=c1[nH]c2ccc(-c3cccnc3)cc2cc1C(c1ccc(Cl)cc1)C1(O)CCNCC1. The minimum Gasteiger partial charge on any atom is -0.389 e. The van der Waals surface area contributed by atoms with E-state index in [9.17, 15) is 9.90 Å². The molecule has 1 aliphatic heterocycles. The van der Waals surface area contributed by atoms with E-state index in [1.807, 2.05) is 60.8 Å². The Bertz CT molecular complexity index is 1300. The number of rotatable bonds is 4. The smallest absolute Gasteiger partial charge is 0.252 e. The van der Waals surface area contributed by atoms with Crippen LogP contribution in [0.4, 0.5) is 0 Å². The maximum absolute atomic E-state index is 13.2. The molecular weight excluding hydrogens is 422 g/mol. The highest BCUT2D eigenvalue weighted by molar-refractivity contribution is 6.30. The molecule has 0 saturated carbocycles. The van der Waals surface area contributed by atoms with Gasteiger partial charge in [0.05, 0.1) is 5.60 Å². The molecule has 5 rings (SSSR count). The summed E-state index contributed by atoms with van der Waals surface area (Å²) in [5, 5.41) is 16.5. The second-order valence-electron chi connectivity index (χ2n) is 8.44.